The highest BCUT2D eigenvalue weighted by Gasteiger charge is 2.19. The molecule has 0 aliphatic heterocycles. The number of aliphatic hydroxyl groups excluding tert-OH is 1. The van der Waals surface area contributed by atoms with Crippen molar-refractivity contribution in [2.75, 3.05) is 25.6 Å². The number of hydrogen-bond donors (Lipinski definition) is 2. The van der Waals surface area contributed by atoms with Gasteiger partial charge in [-0.15, -0.1) is 12.4 Å². The van der Waals surface area contributed by atoms with E-state index in [0.717, 1.165) is 17.3 Å². The second kappa shape index (κ2) is 8.64. The maximum Gasteiger partial charge on any atom is 0.280 e. The monoisotopic (exact) mass is 377 g/mol. The number of methoxy groups -OCH3 is 1. The molecule has 1 heterocycles. The Balaban J connectivity index is 0.00000243. The lowest BCUT2D eigenvalue weighted by Crippen LogP contribution is -2.05. The van der Waals surface area contributed by atoms with Crippen LogP contribution in [0.2, 0.25) is 0 Å². The molecule has 0 radical (unpaired) electrons. The molecule has 0 amide bonds. The minimum Gasteiger partial charge on any atom is -0.497 e. The normalized spacial score (nSPS) is 10.5. The number of halogens is 1. The van der Waals surface area contributed by atoms with Gasteiger partial charge in [0, 0.05) is 24.6 Å². The highest BCUT2D eigenvalue weighted by Crippen LogP contribution is 2.37. The average Bonchev–Trinajstić information content (AvgIpc) is 2.63. The first-order valence-corrected chi connectivity index (χ1v) is 8.05. The first-order valence-electron chi connectivity index (χ1n) is 8.05. The van der Waals surface area contributed by atoms with Crippen molar-refractivity contribution in [3.63, 3.8) is 0 Å². The minimum absolute atomic E-state index is 0. The number of non-ortho nitro benzene ring substituents is 1. The molecule has 0 aliphatic rings. The second-order valence-corrected chi connectivity index (χ2v) is 5.66. The molecule has 2 aromatic carbocycles. The number of nitro benzene ring substituents is 1. The number of pyridine rings is 1. The molecule has 0 saturated carbocycles. The number of hydrogen-bond acceptors (Lipinski definition) is 6. The first-order chi connectivity index (χ1) is 12.2. The van der Waals surface area contributed by atoms with Gasteiger partial charge in [-0.05, 0) is 37.1 Å². The Hall–Kier alpha value is -2.64. The molecule has 0 saturated heterocycles. The van der Waals surface area contributed by atoms with Crippen LogP contribution in [0.1, 0.15) is 12.8 Å². The number of rotatable bonds is 7. The molecule has 0 atom stereocenters. The molecule has 0 aliphatic carbocycles. The van der Waals surface area contributed by atoms with Gasteiger partial charge in [-0.1, -0.05) is 6.07 Å². The summed E-state index contributed by atoms with van der Waals surface area (Å²) in [5.41, 5.74) is 1.98. The molecule has 0 spiro atoms. The number of benzene rings is 2. The Morgan fingerprint density at radius 2 is 2.04 bits per heavy atom. The Morgan fingerprint density at radius 1 is 1.23 bits per heavy atom. The molecule has 2 N–H and O–H groups in total. The predicted octanol–water partition coefficient (Wildman–Crippen LogP) is 3.91. The molecule has 26 heavy (non-hydrogen) atoms. The summed E-state index contributed by atoms with van der Waals surface area (Å²) >= 11 is 0. The third kappa shape index (κ3) is 3.79. The topological polar surface area (TPSA) is 97.5 Å². The lowest BCUT2D eigenvalue weighted by Gasteiger charge is -2.14. The number of nitrogens with one attached hydrogen (secondary N) is 1. The van der Waals surface area contributed by atoms with Crippen LogP contribution in [-0.2, 0) is 0 Å². The highest BCUT2D eigenvalue weighted by molar-refractivity contribution is 6.11. The van der Waals surface area contributed by atoms with E-state index in [2.05, 4.69) is 10.3 Å². The van der Waals surface area contributed by atoms with Crippen LogP contribution >= 0.6 is 12.4 Å². The van der Waals surface area contributed by atoms with E-state index in [-0.39, 0.29) is 24.7 Å². The predicted molar refractivity (Wildman–Crippen MR) is 105 cm³/mol. The number of aliphatic hydroxyl groups is 1. The Labute approximate surface area is 156 Å². The van der Waals surface area contributed by atoms with Crippen molar-refractivity contribution < 1.29 is 14.8 Å². The van der Waals surface area contributed by atoms with Crippen molar-refractivity contribution in [1.82, 2.24) is 4.98 Å². The molecule has 138 valence electrons. The smallest absolute Gasteiger partial charge is 0.280 e. The Bertz CT molecular complexity index is 933. The molecule has 7 nitrogen and oxygen atoms in total. The van der Waals surface area contributed by atoms with Crippen molar-refractivity contribution in [2.24, 2.45) is 0 Å². The van der Waals surface area contributed by atoms with E-state index < -0.39 is 4.92 Å². The zero-order valence-electron chi connectivity index (χ0n) is 14.3. The largest absolute Gasteiger partial charge is 0.497 e. The number of unbranched alkanes of at least 4 members (excludes halogenated alkanes) is 1. The van der Waals surface area contributed by atoms with E-state index in [4.69, 9.17) is 9.84 Å². The second-order valence-electron chi connectivity index (χ2n) is 5.66. The van der Waals surface area contributed by atoms with Gasteiger partial charge in [-0.2, -0.15) is 0 Å². The Morgan fingerprint density at radius 3 is 2.73 bits per heavy atom. The zero-order chi connectivity index (χ0) is 17.8. The van der Waals surface area contributed by atoms with Crippen molar-refractivity contribution in [3.05, 3.63) is 46.5 Å². The lowest BCUT2D eigenvalue weighted by molar-refractivity contribution is -0.383. The lowest BCUT2D eigenvalue weighted by atomic mass is 10.1. The molecule has 1 aromatic heterocycles. The summed E-state index contributed by atoms with van der Waals surface area (Å²) in [6.45, 7) is 0.714. The van der Waals surface area contributed by atoms with Crippen LogP contribution in [0.5, 0.6) is 5.75 Å². The summed E-state index contributed by atoms with van der Waals surface area (Å²) < 4.78 is 5.29. The Kier molecular flexibility index (Phi) is 6.54. The van der Waals surface area contributed by atoms with Crippen LogP contribution in [0.25, 0.3) is 21.8 Å². The van der Waals surface area contributed by atoms with Crippen LogP contribution in [-0.4, -0.2) is 35.3 Å². The van der Waals surface area contributed by atoms with Gasteiger partial charge in [-0.25, -0.2) is 4.98 Å². The maximum absolute atomic E-state index is 11.5. The fourth-order valence-corrected chi connectivity index (χ4v) is 2.87. The third-order valence-corrected chi connectivity index (χ3v) is 4.07. The number of fused-ring (bicyclic) bond motifs is 2. The van der Waals surface area contributed by atoms with Crippen molar-refractivity contribution in [3.8, 4) is 5.75 Å². The van der Waals surface area contributed by atoms with E-state index in [0.29, 0.717) is 35.3 Å². The molecule has 3 rings (SSSR count). The number of nitro groups is 1. The molecule has 0 unspecified atom stereocenters. The van der Waals surface area contributed by atoms with E-state index in [9.17, 15) is 10.1 Å². The van der Waals surface area contributed by atoms with Gasteiger partial charge in [0.25, 0.3) is 5.69 Å². The quantitative estimate of drug-likeness (QED) is 0.280. The van der Waals surface area contributed by atoms with Crippen molar-refractivity contribution >= 4 is 45.6 Å². The fourth-order valence-electron chi connectivity index (χ4n) is 2.87. The van der Waals surface area contributed by atoms with Gasteiger partial charge in [0.2, 0.25) is 0 Å². The standard InChI is InChI=1S/C18H19N3O4.ClH/c1-25-12-7-8-14-13(11-12)18(19-9-2-3-10-22)17-15(20-14)5-4-6-16(17)21(23)24;/h4-8,11,22H,2-3,9-10H2,1H3,(H,19,20);1H. The molecular formula is C18H20ClN3O4. The summed E-state index contributed by atoms with van der Waals surface area (Å²) in [5, 5.41) is 25.0. The summed E-state index contributed by atoms with van der Waals surface area (Å²) in [6, 6.07) is 10.4. The average molecular weight is 378 g/mol. The molecule has 0 bridgehead atoms. The molecule has 8 heteroatoms. The summed E-state index contributed by atoms with van der Waals surface area (Å²) in [4.78, 5) is 15.7. The van der Waals surface area contributed by atoms with Gasteiger partial charge in [-0.3, -0.25) is 10.1 Å². The van der Waals surface area contributed by atoms with Crippen LogP contribution in [0.4, 0.5) is 11.4 Å². The zero-order valence-corrected chi connectivity index (χ0v) is 15.1. The van der Waals surface area contributed by atoms with E-state index in [1.165, 1.54) is 6.07 Å². The maximum atomic E-state index is 11.5. The van der Waals surface area contributed by atoms with Gasteiger partial charge in [0.05, 0.1) is 28.8 Å². The SMILES string of the molecule is COc1ccc2nc3cccc([N+](=O)[O-])c3c(NCCCCO)c2c1.Cl. The molecule has 3 aromatic rings. The summed E-state index contributed by atoms with van der Waals surface area (Å²) in [5.74, 6) is 0.658. The number of anilines is 1. The van der Waals surface area contributed by atoms with Crippen molar-refractivity contribution in [1.29, 1.82) is 0 Å². The van der Waals surface area contributed by atoms with Gasteiger partial charge >= 0.3 is 0 Å². The van der Waals surface area contributed by atoms with Gasteiger partial charge in [0.1, 0.15) is 11.1 Å². The fraction of sp³-hybridized carbons (Fsp3) is 0.278. The highest BCUT2D eigenvalue weighted by atomic mass is 35.5. The first kappa shape index (κ1) is 19.7. The van der Waals surface area contributed by atoms with Gasteiger partial charge in [0.15, 0.2) is 0 Å². The van der Waals surface area contributed by atoms with Crippen molar-refractivity contribution in [2.45, 2.75) is 12.8 Å². The molecule has 0 fully saturated rings. The minimum atomic E-state index is -0.394. The van der Waals surface area contributed by atoms with E-state index in [1.54, 1.807) is 19.2 Å². The van der Waals surface area contributed by atoms with Crippen LogP contribution < -0.4 is 10.1 Å². The van der Waals surface area contributed by atoms with Crippen LogP contribution in [0.15, 0.2) is 36.4 Å². The van der Waals surface area contributed by atoms with Crippen LogP contribution in [0, 0.1) is 10.1 Å². The molecular weight excluding hydrogens is 358 g/mol. The third-order valence-electron chi connectivity index (χ3n) is 4.07. The van der Waals surface area contributed by atoms with Gasteiger partial charge < -0.3 is 15.2 Å². The number of ether oxygens (including phenoxy) is 1. The van der Waals surface area contributed by atoms with E-state index in [1.807, 2.05) is 18.2 Å². The number of aromatic nitrogens is 1. The summed E-state index contributed by atoms with van der Waals surface area (Å²) in [7, 11) is 1.58. The van der Waals surface area contributed by atoms with E-state index >= 15 is 0 Å². The number of nitrogens with zero attached hydrogens (tertiary/aromatic N) is 2. The summed E-state index contributed by atoms with van der Waals surface area (Å²) in [6.07, 6.45) is 1.42. The van der Waals surface area contributed by atoms with Crippen LogP contribution in [0.3, 0.4) is 0 Å².